The fourth-order valence-corrected chi connectivity index (χ4v) is 6.90. The summed E-state index contributed by atoms with van der Waals surface area (Å²) < 4.78 is 11.4. The van der Waals surface area contributed by atoms with E-state index in [1.165, 1.54) is 6.92 Å². The number of nitrogens with one attached hydrogen (secondary N) is 3. The van der Waals surface area contributed by atoms with Gasteiger partial charge in [0.2, 0.25) is 0 Å². The lowest BCUT2D eigenvalue weighted by Gasteiger charge is -2.11. The predicted octanol–water partition coefficient (Wildman–Crippen LogP) is 8.56. The average molecular weight is 638 g/mol. The first-order chi connectivity index (χ1) is 23.2. The Morgan fingerprint density at radius 3 is 1.77 bits per heavy atom. The topological polar surface area (TPSA) is 117 Å². The summed E-state index contributed by atoms with van der Waals surface area (Å²) >= 11 is 0. The lowest BCUT2D eigenvalue weighted by molar-refractivity contribution is 0.0457. The van der Waals surface area contributed by atoms with E-state index < -0.39 is 11.9 Å². The zero-order valence-electron chi connectivity index (χ0n) is 27.2. The standard InChI is InChI=1S/C40H35N3O5/c1-22-32-23(2)37(40(46)48-21-27-15-9-6-10-16-27)43-38(32)29(34-28-17-11-12-18-30(28)41-35(22)34)19-31-33(25(4)44)24(3)36(42-31)39(45)47-20-26-13-7-5-8-14-26/h5-18,41-43H,19-21H2,1-4H3. The number of fused-ring (bicyclic) bond motifs is 4. The van der Waals surface area contributed by atoms with Gasteiger partial charge in [0.05, 0.1) is 11.0 Å². The minimum Gasteiger partial charge on any atom is -0.456 e. The van der Waals surface area contributed by atoms with E-state index in [9.17, 15) is 14.4 Å². The third-order valence-electron chi connectivity index (χ3n) is 9.18. The molecule has 7 aromatic rings. The molecular formula is C40H35N3O5. The van der Waals surface area contributed by atoms with Crippen molar-refractivity contribution in [3.8, 4) is 0 Å². The maximum atomic E-state index is 13.5. The summed E-state index contributed by atoms with van der Waals surface area (Å²) in [7, 11) is 0. The summed E-state index contributed by atoms with van der Waals surface area (Å²) in [4.78, 5) is 50.3. The van der Waals surface area contributed by atoms with Gasteiger partial charge in [0, 0.05) is 39.4 Å². The number of Topliss-reactive ketones (excluding diaryl/α,β-unsaturated/α-hetero) is 1. The molecule has 7 rings (SSSR count). The van der Waals surface area contributed by atoms with Gasteiger partial charge in [0.25, 0.3) is 0 Å². The van der Waals surface area contributed by atoms with Crippen LogP contribution in [-0.4, -0.2) is 32.7 Å². The maximum Gasteiger partial charge on any atom is 0.355 e. The monoisotopic (exact) mass is 637 g/mol. The molecule has 0 bridgehead atoms. The lowest BCUT2D eigenvalue weighted by atomic mass is 9.93. The maximum absolute atomic E-state index is 13.5. The van der Waals surface area contributed by atoms with E-state index in [2.05, 4.69) is 21.0 Å². The number of aromatic nitrogens is 3. The number of carbonyl (C=O) groups excluding carboxylic acids is 3. The summed E-state index contributed by atoms with van der Waals surface area (Å²) in [5, 5.41) is 2.91. The number of rotatable bonds is 9. The molecule has 8 nitrogen and oxygen atoms in total. The van der Waals surface area contributed by atoms with Crippen LogP contribution in [0.4, 0.5) is 0 Å². The van der Waals surface area contributed by atoms with Gasteiger partial charge in [-0.05, 0) is 67.1 Å². The molecule has 0 saturated heterocycles. The van der Waals surface area contributed by atoms with Crippen LogP contribution in [0.25, 0.3) is 32.7 Å². The third kappa shape index (κ3) is 5.35. The van der Waals surface area contributed by atoms with Crippen LogP contribution in [0.3, 0.4) is 0 Å². The second-order valence-electron chi connectivity index (χ2n) is 12.2. The zero-order valence-corrected chi connectivity index (χ0v) is 27.2. The Morgan fingerprint density at radius 1 is 0.604 bits per heavy atom. The van der Waals surface area contributed by atoms with Crippen molar-refractivity contribution < 1.29 is 23.9 Å². The first kappa shape index (κ1) is 30.7. The smallest absolute Gasteiger partial charge is 0.355 e. The Bertz CT molecular complexity index is 2360. The summed E-state index contributed by atoms with van der Waals surface area (Å²) in [5.74, 6) is -1.14. The van der Waals surface area contributed by atoms with Gasteiger partial charge < -0.3 is 24.4 Å². The number of benzene rings is 4. The van der Waals surface area contributed by atoms with Crippen LogP contribution in [-0.2, 0) is 29.1 Å². The van der Waals surface area contributed by atoms with Crippen LogP contribution >= 0.6 is 0 Å². The lowest BCUT2D eigenvalue weighted by Crippen LogP contribution is -2.07. The number of carbonyl (C=O) groups is 3. The third-order valence-corrected chi connectivity index (χ3v) is 9.18. The Balaban J connectivity index is 1.35. The summed E-state index contributed by atoms with van der Waals surface area (Å²) in [6.07, 6.45) is 0.287. The van der Waals surface area contributed by atoms with E-state index in [1.807, 2.05) is 92.7 Å². The van der Waals surface area contributed by atoms with Gasteiger partial charge >= 0.3 is 11.9 Å². The van der Waals surface area contributed by atoms with Crippen molar-refractivity contribution in [3.05, 3.63) is 141 Å². The van der Waals surface area contributed by atoms with Crippen molar-refractivity contribution in [2.24, 2.45) is 0 Å². The molecule has 0 spiro atoms. The van der Waals surface area contributed by atoms with E-state index >= 15 is 0 Å². The van der Waals surface area contributed by atoms with Gasteiger partial charge in [-0.15, -0.1) is 0 Å². The zero-order chi connectivity index (χ0) is 33.5. The van der Waals surface area contributed by atoms with Gasteiger partial charge in [0.1, 0.15) is 24.6 Å². The van der Waals surface area contributed by atoms with Crippen molar-refractivity contribution in [2.45, 2.75) is 47.3 Å². The SMILES string of the molecule is CC(=O)c1c(Cc2c3[nH]c(C(=O)OCc4ccccc4)c(C)c3c(C)c3[nH]c4ccccc4c23)[nH]c(C(=O)OCc2ccccc2)c1C. The van der Waals surface area contributed by atoms with Gasteiger partial charge in [-0.2, -0.15) is 0 Å². The number of esters is 2. The van der Waals surface area contributed by atoms with Crippen LogP contribution in [0.5, 0.6) is 0 Å². The number of hydrogen-bond acceptors (Lipinski definition) is 5. The highest BCUT2D eigenvalue weighted by Crippen LogP contribution is 2.40. The van der Waals surface area contributed by atoms with Crippen molar-refractivity contribution in [2.75, 3.05) is 0 Å². The number of hydrogen-bond donors (Lipinski definition) is 3. The van der Waals surface area contributed by atoms with Gasteiger partial charge in [-0.3, -0.25) is 4.79 Å². The predicted molar refractivity (Wildman–Crippen MR) is 187 cm³/mol. The minimum atomic E-state index is -0.532. The van der Waals surface area contributed by atoms with Crippen LogP contribution in [0, 0.1) is 20.8 Å². The van der Waals surface area contributed by atoms with Crippen molar-refractivity contribution >= 4 is 50.4 Å². The molecule has 0 unspecified atom stereocenters. The molecule has 0 atom stereocenters. The molecule has 240 valence electrons. The van der Waals surface area contributed by atoms with Crippen molar-refractivity contribution in [1.29, 1.82) is 0 Å². The Morgan fingerprint density at radius 2 is 1.17 bits per heavy atom. The Labute approximate surface area is 277 Å². The molecule has 3 aromatic heterocycles. The van der Waals surface area contributed by atoms with Crippen LogP contribution in [0.1, 0.15) is 77.3 Å². The first-order valence-corrected chi connectivity index (χ1v) is 15.9. The second kappa shape index (κ2) is 12.4. The van der Waals surface area contributed by atoms with Gasteiger partial charge in [-0.1, -0.05) is 78.9 Å². The highest BCUT2D eigenvalue weighted by Gasteiger charge is 2.28. The molecule has 0 aliphatic rings. The van der Waals surface area contributed by atoms with E-state index in [-0.39, 0.29) is 31.1 Å². The highest BCUT2D eigenvalue weighted by atomic mass is 16.5. The molecule has 0 amide bonds. The minimum absolute atomic E-state index is 0.113. The molecular weight excluding hydrogens is 602 g/mol. The molecule has 0 aliphatic heterocycles. The molecule has 3 N–H and O–H groups in total. The first-order valence-electron chi connectivity index (χ1n) is 15.9. The molecule has 0 saturated carbocycles. The Hall–Kier alpha value is -5.89. The van der Waals surface area contributed by atoms with E-state index in [1.54, 1.807) is 6.92 Å². The van der Waals surface area contributed by atoms with Crippen LogP contribution in [0.15, 0.2) is 84.9 Å². The average Bonchev–Trinajstić information content (AvgIpc) is 3.76. The number of H-pyrrole nitrogens is 3. The Kier molecular flexibility index (Phi) is 7.93. The summed E-state index contributed by atoms with van der Waals surface area (Å²) in [6.45, 7) is 7.50. The van der Waals surface area contributed by atoms with Crippen molar-refractivity contribution in [1.82, 2.24) is 15.0 Å². The largest absolute Gasteiger partial charge is 0.456 e. The molecule has 0 radical (unpaired) electrons. The van der Waals surface area contributed by atoms with E-state index in [4.69, 9.17) is 9.47 Å². The second-order valence-corrected chi connectivity index (χ2v) is 12.2. The number of para-hydroxylation sites is 1. The molecule has 48 heavy (non-hydrogen) atoms. The van der Waals surface area contributed by atoms with Crippen LogP contribution in [0.2, 0.25) is 0 Å². The van der Waals surface area contributed by atoms with E-state index in [0.29, 0.717) is 22.5 Å². The molecule has 4 aromatic carbocycles. The number of aromatic amines is 3. The fraction of sp³-hybridized carbons (Fsp3) is 0.175. The quantitative estimate of drug-likeness (QED) is 0.108. The molecule has 0 aliphatic carbocycles. The van der Waals surface area contributed by atoms with Crippen LogP contribution < -0.4 is 0 Å². The molecule has 0 fully saturated rings. The molecule has 8 heteroatoms. The van der Waals surface area contributed by atoms with E-state index in [0.717, 1.165) is 60.5 Å². The normalized spacial score (nSPS) is 11.4. The van der Waals surface area contributed by atoms with Crippen molar-refractivity contribution in [3.63, 3.8) is 0 Å². The fourth-order valence-electron chi connectivity index (χ4n) is 6.90. The number of ether oxygens (including phenoxy) is 2. The number of ketones is 1. The number of aryl methyl sites for hydroxylation is 2. The summed E-state index contributed by atoms with van der Waals surface area (Å²) in [5.41, 5.74) is 9.35. The van der Waals surface area contributed by atoms with Gasteiger partial charge in [0.15, 0.2) is 5.78 Å². The molecule has 3 heterocycles. The summed E-state index contributed by atoms with van der Waals surface area (Å²) in [6, 6.07) is 27.1. The highest BCUT2D eigenvalue weighted by molar-refractivity contribution is 6.18. The van der Waals surface area contributed by atoms with Gasteiger partial charge in [-0.25, -0.2) is 9.59 Å².